The molecule has 1 aromatic heterocycles. The Kier molecular flexibility index (Phi) is 8.20. The summed E-state index contributed by atoms with van der Waals surface area (Å²) in [7, 11) is 3.03. The number of pyridine rings is 1. The number of aromatic nitrogens is 1. The molecule has 0 unspecified atom stereocenters. The lowest BCUT2D eigenvalue weighted by Crippen LogP contribution is -2.10. The maximum atomic E-state index is 13.2. The summed E-state index contributed by atoms with van der Waals surface area (Å²) < 4.78 is 50.1. The highest BCUT2D eigenvalue weighted by Gasteiger charge is 2.34. The second-order valence-electron chi connectivity index (χ2n) is 7.40. The van der Waals surface area contributed by atoms with Crippen molar-refractivity contribution in [3.05, 3.63) is 88.1 Å². The van der Waals surface area contributed by atoms with Crippen molar-refractivity contribution in [1.29, 1.82) is 5.26 Å². The molecule has 2 aromatic carbocycles. The molecule has 0 aliphatic carbocycles. The number of rotatable bonds is 8. The normalized spacial score (nSPS) is 11.3. The molecule has 9 heteroatoms. The zero-order chi connectivity index (χ0) is 25.6. The summed E-state index contributed by atoms with van der Waals surface area (Å²) in [4.78, 5) is 16.1. The Morgan fingerprint density at radius 2 is 1.83 bits per heavy atom. The molecule has 0 aliphatic heterocycles. The van der Waals surface area contributed by atoms with E-state index in [0.717, 1.165) is 17.8 Å². The number of ether oxygens (including phenoxy) is 2. The molecule has 0 aliphatic rings. The van der Waals surface area contributed by atoms with E-state index in [1.54, 1.807) is 55.7 Å². The Balaban J connectivity index is 1.83. The monoisotopic (exact) mass is 498 g/mol. The fourth-order valence-electron chi connectivity index (χ4n) is 3.21. The molecule has 0 spiro atoms. The largest absolute Gasteiger partial charge is 0.497 e. The number of hydrogen-bond acceptors (Lipinski definition) is 6. The Labute approximate surface area is 205 Å². The van der Waals surface area contributed by atoms with Crippen molar-refractivity contribution in [3.63, 3.8) is 0 Å². The van der Waals surface area contributed by atoms with Crippen molar-refractivity contribution in [3.8, 4) is 17.6 Å². The number of carbonyl (C=O) groups is 1. The van der Waals surface area contributed by atoms with Crippen LogP contribution in [0.1, 0.15) is 38.3 Å². The maximum absolute atomic E-state index is 13.2. The van der Waals surface area contributed by atoms with E-state index in [-0.39, 0.29) is 27.7 Å². The van der Waals surface area contributed by atoms with E-state index < -0.39 is 11.9 Å². The van der Waals surface area contributed by atoms with E-state index in [1.165, 1.54) is 20.1 Å². The van der Waals surface area contributed by atoms with Crippen LogP contribution in [0, 0.1) is 18.3 Å². The highest BCUT2D eigenvalue weighted by atomic mass is 32.2. The Morgan fingerprint density at radius 1 is 1.11 bits per heavy atom. The van der Waals surface area contributed by atoms with Gasteiger partial charge in [0.05, 0.1) is 19.8 Å². The van der Waals surface area contributed by atoms with E-state index in [9.17, 15) is 23.2 Å². The standard InChI is InChI=1S/C26H21F3N2O3S/c1-16-12-24(26(27,28)29)31-25(21(16)14-30)35-15-19-13-17(5-11-23(19)34-3)4-10-22(32)18-6-8-20(33-2)9-7-18/h4-13H,15H2,1-3H3/b10-4+. The topological polar surface area (TPSA) is 72.2 Å². The summed E-state index contributed by atoms with van der Waals surface area (Å²) in [5, 5.41) is 9.42. The van der Waals surface area contributed by atoms with Crippen LogP contribution in [0.5, 0.6) is 11.5 Å². The first-order valence-corrected chi connectivity index (χ1v) is 11.3. The highest BCUT2D eigenvalue weighted by Crippen LogP contribution is 2.35. The summed E-state index contributed by atoms with van der Waals surface area (Å²) >= 11 is 1.02. The number of aryl methyl sites for hydroxylation is 1. The lowest BCUT2D eigenvalue weighted by atomic mass is 10.1. The van der Waals surface area contributed by atoms with Gasteiger partial charge >= 0.3 is 6.18 Å². The summed E-state index contributed by atoms with van der Waals surface area (Å²) in [5.41, 5.74) is 1.15. The first-order chi connectivity index (χ1) is 16.7. The second-order valence-corrected chi connectivity index (χ2v) is 8.36. The number of allylic oxidation sites excluding steroid dienone is 1. The molecule has 0 N–H and O–H groups in total. The third kappa shape index (κ3) is 6.43. The van der Waals surface area contributed by atoms with Gasteiger partial charge in [-0.05, 0) is 66.6 Å². The molecule has 0 bridgehead atoms. The van der Waals surface area contributed by atoms with Gasteiger partial charge in [-0.3, -0.25) is 4.79 Å². The first-order valence-electron chi connectivity index (χ1n) is 10.3. The minimum absolute atomic E-state index is 0.00231. The van der Waals surface area contributed by atoms with Crippen molar-refractivity contribution in [2.24, 2.45) is 0 Å². The molecule has 180 valence electrons. The Bertz CT molecular complexity index is 1300. The molecule has 0 amide bonds. The highest BCUT2D eigenvalue weighted by molar-refractivity contribution is 7.98. The predicted molar refractivity (Wildman–Crippen MR) is 128 cm³/mol. The minimum atomic E-state index is -4.62. The molecule has 0 saturated carbocycles. The van der Waals surface area contributed by atoms with Crippen LogP contribution in [0.3, 0.4) is 0 Å². The summed E-state index contributed by atoms with van der Waals surface area (Å²) in [6.45, 7) is 1.45. The van der Waals surface area contributed by atoms with Gasteiger partial charge in [-0.25, -0.2) is 4.98 Å². The third-order valence-corrected chi connectivity index (χ3v) is 6.08. The SMILES string of the molecule is COc1ccc(C(=O)/C=C/c2ccc(OC)c(CSc3nc(C(F)(F)F)cc(C)c3C#N)c2)cc1. The van der Waals surface area contributed by atoms with Crippen LogP contribution in [0.4, 0.5) is 13.2 Å². The van der Waals surface area contributed by atoms with Gasteiger partial charge in [0, 0.05) is 16.9 Å². The van der Waals surface area contributed by atoms with E-state index in [2.05, 4.69) is 4.98 Å². The molecule has 5 nitrogen and oxygen atoms in total. The number of alkyl halides is 3. The quantitative estimate of drug-likeness (QED) is 0.201. The predicted octanol–water partition coefficient (Wildman–Crippen LogP) is 6.49. The number of carbonyl (C=O) groups excluding carboxylic acids is 1. The van der Waals surface area contributed by atoms with Gasteiger partial charge in [0.2, 0.25) is 0 Å². The number of methoxy groups -OCH3 is 2. The fraction of sp³-hybridized carbons (Fsp3) is 0.192. The lowest BCUT2D eigenvalue weighted by molar-refractivity contribution is -0.141. The first kappa shape index (κ1) is 25.8. The van der Waals surface area contributed by atoms with Crippen LogP contribution in [0.2, 0.25) is 0 Å². The molecule has 0 fully saturated rings. The number of nitrogens with zero attached hydrogens (tertiary/aromatic N) is 2. The van der Waals surface area contributed by atoms with Crippen LogP contribution in [-0.4, -0.2) is 25.0 Å². The zero-order valence-corrected chi connectivity index (χ0v) is 20.0. The third-order valence-electron chi connectivity index (χ3n) is 5.06. The molecule has 0 saturated heterocycles. The van der Waals surface area contributed by atoms with Gasteiger partial charge in [0.15, 0.2) is 5.78 Å². The molecule has 0 atom stereocenters. The zero-order valence-electron chi connectivity index (χ0n) is 19.1. The number of benzene rings is 2. The summed E-state index contributed by atoms with van der Waals surface area (Å²) in [5.74, 6) is 1.19. The smallest absolute Gasteiger partial charge is 0.433 e. The average Bonchev–Trinajstić information content (AvgIpc) is 2.85. The Morgan fingerprint density at radius 3 is 2.43 bits per heavy atom. The van der Waals surface area contributed by atoms with Crippen LogP contribution < -0.4 is 9.47 Å². The summed E-state index contributed by atoms with van der Waals surface area (Å²) in [6, 6.07) is 14.8. The van der Waals surface area contributed by atoms with Gasteiger partial charge in [0.25, 0.3) is 0 Å². The van der Waals surface area contributed by atoms with Crippen LogP contribution in [-0.2, 0) is 11.9 Å². The van der Waals surface area contributed by atoms with E-state index in [0.29, 0.717) is 28.2 Å². The van der Waals surface area contributed by atoms with E-state index in [1.807, 2.05) is 6.07 Å². The van der Waals surface area contributed by atoms with Crippen molar-refractivity contribution in [2.45, 2.75) is 23.9 Å². The van der Waals surface area contributed by atoms with E-state index in [4.69, 9.17) is 9.47 Å². The van der Waals surface area contributed by atoms with Crippen molar-refractivity contribution >= 4 is 23.6 Å². The summed E-state index contributed by atoms with van der Waals surface area (Å²) in [6.07, 6.45) is -1.54. The van der Waals surface area contributed by atoms with Gasteiger partial charge in [-0.15, -0.1) is 11.8 Å². The second kappa shape index (κ2) is 11.1. The molecule has 1 heterocycles. The van der Waals surface area contributed by atoms with Crippen molar-refractivity contribution < 1.29 is 27.4 Å². The lowest BCUT2D eigenvalue weighted by Gasteiger charge is -2.13. The molecular weight excluding hydrogens is 477 g/mol. The maximum Gasteiger partial charge on any atom is 0.433 e. The average molecular weight is 499 g/mol. The van der Waals surface area contributed by atoms with Gasteiger partial charge in [-0.2, -0.15) is 18.4 Å². The van der Waals surface area contributed by atoms with Crippen molar-refractivity contribution in [2.75, 3.05) is 14.2 Å². The Hall–Kier alpha value is -3.77. The fourth-order valence-corrected chi connectivity index (χ4v) is 4.25. The van der Waals surface area contributed by atoms with Gasteiger partial charge < -0.3 is 9.47 Å². The van der Waals surface area contributed by atoms with E-state index >= 15 is 0 Å². The number of thioether (sulfide) groups is 1. The van der Waals surface area contributed by atoms with Crippen LogP contribution in [0.25, 0.3) is 6.08 Å². The molecule has 3 rings (SSSR count). The molecular formula is C26H21F3N2O3S. The van der Waals surface area contributed by atoms with Crippen molar-refractivity contribution in [1.82, 2.24) is 4.98 Å². The number of ketones is 1. The minimum Gasteiger partial charge on any atom is -0.497 e. The van der Waals surface area contributed by atoms with Crippen LogP contribution >= 0.6 is 11.8 Å². The molecule has 0 radical (unpaired) electrons. The van der Waals surface area contributed by atoms with Gasteiger partial charge in [0.1, 0.15) is 28.3 Å². The van der Waals surface area contributed by atoms with Crippen LogP contribution in [0.15, 0.2) is 59.6 Å². The number of hydrogen-bond donors (Lipinski definition) is 0. The molecule has 3 aromatic rings. The number of halogens is 3. The van der Waals surface area contributed by atoms with Gasteiger partial charge in [-0.1, -0.05) is 12.1 Å². The number of nitriles is 1. The molecule has 35 heavy (non-hydrogen) atoms.